The first-order valence-corrected chi connectivity index (χ1v) is 5.40. The largest absolute Gasteiger partial charge is 0.355 e. The molecule has 0 saturated carbocycles. The lowest BCUT2D eigenvalue weighted by atomic mass is 10.2. The Hall–Kier alpha value is -1.70. The summed E-state index contributed by atoms with van der Waals surface area (Å²) in [5.41, 5.74) is 2.42. The number of H-pyrrole nitrogens is 1. The van der Waals surface area contributed by atoms with Crippen molar-refractivity contribution in [3.8, 4) is 0 Å². The molecule has 74 valence electrons. The SMILES string of the molecule is BC.c1ccc2c(c1)[nH]c1ccccc12. The Labute approximate surface area is 90.5 Å². The summed E-state index contributed by atoms with van der Waals surface area (Å²) in [4.78, 5) is 3.38. The zero-order chi connectivity index (χ0) is 10.7. The van der Waals surface area contributed by atoms with Crippen LogP contribution in [0.15, 0.2) is 48.5 Å². The van der Waals surface area contributed by atoms with Crippen molar-refractivity contribution < 1.29 is 0 Å². The fourth-order valence-electron chi connectivity index (χ4n) is 1.80. The normalized spacial score (nSPS) is 9.93. The standard InChI is InChI=1S/C12H9N.CH5B/c1-3-7-11-9(5-1)10-6-2-4-8-12(10)13-11;1-2/h1-8,13H;2H2,1H3. The fraction of sp³-hybridized carbons (Fsp3) is 0.0769. The predicted molar refractivity (Wildman–Crippen MR) is 70.2 cm³/mol. The fourth-order valence-corrected chi connectivity index (χ4v) is 1.80. The van der Waals surface area contributed by atoms with E-state index < -0.39 is 0 Å². The van der Waals surface area contributed by atoms with Gasteiger partial charge in [-0.2, -0.15) is 0 Å². The van der Waals surface area contributed by atoms with E-state index in [1.807, 2.05) is 14.7 Å². The van der Waals surface area contributed by atoms with Crippen LogP contribution in [-0.4, -0.2) is 12.8 Å². The van der Waals surface area contributed by atoms with Gasteiger partial charge in [-0.05, 0) is 12.1 Å². The molecule has 0 aliphatic carbocycles. The second-order valence-electron chi connectivity index (χ2n) is 3.22. The van der Waals surface area contributed by atoms with Crippen molar-refractivity contribution in [3.05, 3.63) is 48.5 Å². The van der Waals surface area contributed by atoms with Gasteiger partial charge in [-0.3, -0.25) is 0 Å². The summed E-state index contributed by atoms with van der Waals surface area (Å²) >= 11 is 0. The Kier molecular flexibility index (Phi) is 2.77. The molecule has 1 N–H and O–H groups in total. The first kappa shape index (κ1) is 9.84. The minimum atomic E-state index is 1.21. The van der Waals surface area contributed by atoms with Gasteiger partial charge in [-0.1, -0.05) is 43.2 Å². The number of benzene rings is 2. The van der Waals surface area contributed by atoms with Crippen LogP contribution in [0.25, 0.3) is 21.8 Å². The van der Waals surface area contributed by atoms with E-state index in [1.54, 1.807) is 0 Å². The summed E-state index contributed by atoms with van der Waals surface area (Å²) in [7, 11) is 2.00. The second-order valence-corrected chi connectivity index (χ2v) is 3.22. The van der Waals surface area contributed by atoms with Crippen molar-refractivity contribution in [2.45, 2.75) is 6.82 Å². The molecule has 2 aromatic carbocycles. The van der Waals surface area contributed by atoms with Gasteiger partial charge in [0.25, 0.3) is 0 Å². The molecular formula is C13H14BN. The molecule has 0 bridgehead atoms. The number of fused-ring (bicyclic) bond motifs is 3. The molecule has 3 aromatic rings. The van der Waals surface area contributed by atoms with Gasteiger partial charge in [-0.25, -0.2) is 0 Å². The van der Waals surface area contributed by atoms with Crippen LogP contribution in [0, 0.1) is 0 Å². The molecule has 1 nitrogen and oxygen atoms in total. The van der Waals surface area contributed by atoms with Crippen molar-refractivity contribution >= 4 is 29.7 Å². The molecule has 0 amide bonds. The third kappa shape index (κ3) is 1.63. The molecule has 0 saturated heterocycles. The zero-order valence-corrected chi connectivity index (χ0v) is 9.12. The van der Waals surface area contributed by atoms with Gasteiger partial charge in [0.15, 0.2) is 0 Å². The smallest absolute Gasteiger partial charge is 0.0973 e. The van der Waals surface area contributed by atoms with Crippen molar-refractivity contribution in [2.24, 2.45) is 0 Å². The number of nitrogens with one attached hydrogen (secondary N) is 1. The van der Waals surface area contributed by atoms with Crippen molar-refractivity contribution in [3.63, 3.8) is 0 Å². The van der Waals surface area contributed by atoms with E-state index in [4.69, 9.17) is 0 Å². The Balaban J connectivity index is 0.000000404. The van der Waals surface area contributed by atoms with E-state index in [1.165, 1.54) is 21.8 Å². The van der Waals surface area contributed by atoms with E-state index in [2.05, 4.69) is 53.5 Å². The highest BCUT2D eigenvalue weighted by molar-refractivity contribution is 6.07. The number of aromatic nitrogens is 1. The average molecular weight is 195 g/mol. The minimum absolute atomic E-state index is 1.21. The second kappa shape index (κ2) is 4.22. The molecule has 0 fully saturated rings. The maximum atomic E-state index is 3.38. The summed E-state index contributed by atoms with van der Waals surface area (Å²) in [6.07, 6.45) is 0. The molecule has 15 heavy (non-hydrogen) atoms. The highest BCUT2D eigenvalue weighted by Crippen LogP contribution is 2.24. The quantitative estimate of drug-likeness (QED) is 0.530. The predicted octanol–water partition coefficient (Wildman–Crippen LogP) is 2.99. The number of para-hydroxylation sites is 2. The molecule has 0 radical (unpaired) electrons. The molecule has 0 aliphatic heterocycles. The average Bonchev–Trinajstić information content (AvgIpc) is 2.70. The van der Waals surface area contributed by atoms with Crippen LogP contribution in [0.1, 0.15) is 0 Å². The zero-order valence-electron chi connectivity index (χ0n) is 9.12. The van der Waals surface area contributed by atoms with Gasteiger partial charge in [0.2, 0.25) is 0 Å². The van der Waals surface area contributed by atoms with E-state index in [0.29, 0.717) is 0 Å². The third-order valence-electron chi connectivity index (χ3n) is 2.41. The maximum Gasteiger partial charge on any atom is 0.0973 e. The Morgan fingerprint density at radius 1 is 0.733 bits per heavy atom. The molecule has 1 heterocycles. The summed E-state index contributed by atoms with van der Waals surface area (Å²) in [6, 6.07) is 16.8. The van der Waals surface area contributed by atoms with Gasteiger partial charge in [0.1, 0.15) is 0 Å². The molecule has 2 heteroatoms. The summed E-state index contributed by atoms with van der Waals surface area (Å²) in [6.45, 7) is 2.00. The lowest BCUT2D eigenvalue weighted by Gasteiger charge is -1.87. The van der Waals surface area contributed by atoms with Crippen LogP contribution in [-0.2, 0) is 0 Å². The van der Waals surface area contributed by atoms with E-state index in [0.717, 1.165) is 0 Å². The number of hydrogen-bond acceptors (Lipinski definition) is 0. The summed E-state index contributed by atoms with van der Waals surface area (Å²) in [5.74, 6) is 0. The molecule has 1 aromatic heterocycles. The first-order valence-electron chi connectivity index (χ1n) is 5.40. The van der Waals surface area contributed by atoms with Crippen LogP contribution < -0.4 is 0 Å². The van der Waals surface area contributed by atoms with Crippen molar-refractivity contribution in [2.75, 3.05) is 0 Å². The molecule has 0 spiro atoms. The van der Waals surface area contributed by atoms with E-state index >= 15 is 0 Å². The van der Waals surface area contributed by atoms with Gasteiger partial charge >= 0.3 is 0 Å². The van der Waals surface area contributed by atoms with Crippen LogP contribution in [0.3, 0.4) is 0 Å². The van der Waals surface area contributed by atoms with Crippen LogP contribution in [0.4, 0.5) is 0 Å². The number of aromatic amines is 1. The van der Waals surface area contributed by atoms with E-state index in [-0.39, 0.29) is 0 Å². The lowest BCUT2D eigenvalue weighted by Crippen LogP contribution is -1.62. The molecule has 3 rings (SSSR count). The first-order chi connectivity index (χ1) is 7.45. The number of rotatable bonds is 0. The van der Waals surface area contributed by atoms with E-state index in [9.17, 15) is 0 Å². The lowest BCUT2D eigenvalue weighted by molar-refractivity contribution is 1.55. The summed E-state index contributed by atoms with van der Waals surface area (Å²) < 4.78 is 0. The maximum absolute atomic E-state index is 3.38. The summed E-state index contributed by atoms with van der Waals surface area (Å²) in [5, 5.41) is 2.61. The third-order valence-corrected chi connectivity index (χ3v) is 2.41. The molecule has 0 unspecified atom stereocenters. The highest BCUT2D eigenvalue weighted by Gasteiger charge is 2.00. The van der Waals surface area contributed by atoms with Gasteiger partial charge in [0, 0.05) is 21.8 Å². The topological polar surface area (TPSA) is 15.8 Å². The monoisotopic (exact) mass is 195 g/mol. The van der Waals surface area contributed by atoms with Crippen molar-refractivity contribution in [1.29, 1.82) is 0 Å². The van der Waals surface area contributed by atoms with Crippen LogP contribution in [0.5, 0.6) is 0 Å². The molecule has 0 atom stereocenters. The van der Waals surface area contributed by atoms with Gasteiger partial charge < -0.3 is 4.98 Å². The van der Waals surface area contributed by atoms with Gasteiger partial charge in [0.05, 0.1) is 7.85 Å². The van der Waals surface area contributed by atoms with Crippen LogP contribution >= 0.6 is 0 Å². The Morgan fingerprint density at radius 3 is 1.60 bits per heavy atom. The van der Waals surface area contributed by atoms with Crippen molar-refractivity contribution in [1.82, 2.24) is 4.98 Å². The molecular weight excluding hydrogens is 181 g/mol. The Bertz CT molecular complexity index is 518. The van der Waals surface area contributed by atoms with Gasteiger partial charge in [-0.15, -0.1) is 0 Å². The number of hydrogen-bond donors (Lipinski definition) is 1. The van der Waals surface area contributed by atoms with Crippen LogP contribution in [0.2, 0.25) is 6.82 Å². The Morgan fingerprint density at radius 2 is 1.13 bits per heavy atom. The highest BCUT2D eigenvalue weighted by atomic mass is 14.7. The minimum Gasteiger partial charge on any atom is -0.355 e. The molecule has 0 aliphatic rings.